The van der Waals surface area contributed by atoms with Gasteiger partial charge in [-0.15, -0.1) is 6.42 Å². The smallest absolute Gasteiger partial charge is 0.296 e. The molecule has 15 heavy (non-hydrogen) atoms. The number of aliphatic hydroxyl groups is 1. The summed E-state index contributed by atoms with van der Waals surface area (Å²) in [6.45, 7) is 0. The molecule has 3 nitrogen and oxygen atoms in total. The summed E-state index contributed by atoms with van der Waals surface area (Å²) in [5, 5.41) is 12.4. The zero-order valence-corrected chi connectivity index (χ0v) is 8.10. The standard InChI is InChI=1S/C12H11NO2/c1-2-11(15)13-12-9-6-4-3-5-8(9)7-10(12)14/h1,3-6,10,12,14H,7H2,(H,13,15)/t10-,12+/m0/s1. The highest BCUT2D eigenvalue weighted by atomic mass is 16.3. The number of hydrogen-bond donors (Lipinski definition) is 2. The second kappa shape index (κ2) is 3.76. The number of rotatable bonds is 1. The molecule has 0 saturated carbocycles. The first-order chi connectivity index (χ1) is 7.22. The van der Waals surface area contributed by atoms with Crippen molar-refractivity contribution in [3.8, 4) is 12.3 Å². The van der Waals surface area contributed by atoms with E-state index in [9.17, 15) is 9.90 Å². The van der Waals surface area contributed by atoms with E-state index in [0.717, 1.165) is 11.1 Å². The molecular weight excluding hydrogens is 190 g/mol. The lowest BCUT2D eigenvalue weighted by Crippen LogP contribution is -2.32. The van der Waals surface area contributed by atoms with Crippen molar-refractivity contribution in [1.29, 1.82) is 0 Å². The van der Waals surface area contributed by atoms with Crippen LogP contribution in [-0.2, 0) is 11.2 Å². The van der Waals surface area contributed by atoms with Crippen molar-refractivity contribution in [2.75, 3.05) is 0 Å². The first-order valence-corrected chi connectivity index (χ1v) is 4.75. The minimum atomic E-state index is -0.584. The van der Waals surface area contributed by atoms with E-state index in [1.54, 1.807) is 0 Å². The molecule has 1 aromatic rings. The van der Waals surface area contributed by atoms with Crippen LogP contribution in [0.3, 0.4) is 0 Å². The Balaban J connectivity index is 2.27. The molecule has 0 fully saturated rings. The van der Waals surface area contributed by atoms with Gasteiger partial charge in [0.05, 0.1) is 12.1 Å². The van der Waals surface area contributed by atoms with E-state index < -0.39 is 12.0 Å². The highest BCUT2D eigenvalue weighted by Gasteiger charge is 2.31. The molecule has 76 valence electrons. The Labute approximate surface area is 88.1 Å². The van der Waals surface area contributed by atoms with E-state index >= 15 is 0 Å². The Bertz CT molecular complexity index is 433. The molecule has 0 heterocycles. The average Bonchev–Trinajstić information content (AvgIpc) is 2.55. The molecule has 2 rings (SSSR count). The maximum atomic E-state index is 11.1. The third-order valence-corrected chi connectivity index (χ3v) is 2.62. The number of carbonyl (C=O) groups excluding carboxylic acids is 1. The Morgan fingerprint density at radius 2 is 2.27 bits per heavy atom. The van der Waals surface area contributed by atoms with Crippen molar-refractivity contribution in [3.63, 3.8) is 0 Å². The zero-order valence-electron chi connectivity index (χ0n) is 8.10. The summed E-state index contributed by atoms with van der Waals surface area (Å²) >= 11 is 0. The maximum absolute atomic E-state index is 11.1. The van der Waals surface area contributed by atoms with E-state index in [1.165, 1.54) is 0 Å². The molecule has 2 N–H and O–H groups in total. The fourth-order valence-electron chi connectivity index (χ4n) is 1.93. The number of benzene rings is 1. The molecule has 3 heteroatoms. The van der Waals surface area contributed by atoms with E-state index in [4.69, 9.17) is 6.42 Å². The van der Waals surface area contributed by atoms with Gasteiger partial charge in [0.25, 0.3) is 5.91 Å². The molecule has 1 amide bonds. The number of aliphatic hydroxyl groups excluding tert-OH is 1. The largest absolute Gasteiger partial charge is 0.390 e. The first kappa shape index (κ1) is 9.75. The topological polar surface area (TPSA) is 49.3 Å². The molecule has 0 aromatic heterocycles. The van der Waals surface area contributed by atoms with Gasteiger partial charge >= 0.3 is 0 Å². The predicted molar refractivity (Wildman–Crippen MR) is 55.9 cm³/mol. The molecule has 1 aromatic carbocycles. The van der Waals surface area contributed by atoms with Crippen molar-refractivity contribution in [3.05, 3.63) is 35.4 Å². The van der Waals surface area contributed by atoms with Crippen LogP contribution < -0.4 is 5.32 Å². The van der Waals surface area contributed by atoms with Gasteiger partial charge in [-0.2, -0.15) is 0 Å². The lowest BCUT2D eigenvalue weighted by Gasteiger charge is -2.15. The van der Waals surface area contributed by atoms with Crippen LogP contribution in [0.5, 0.6) is 0 Å². The molecule has 0 bridgehead atoms. The van der Waals surface area contributed by atoms with Gasteiger partial charge < -0.3 is 10.4 Å². The molecular formula is C12H11NO2. The molecule has 1 aliphatic rings. The van der Waals surface area contributed by atoms with Gasteiger partial charge in [-0.05, 0) is 17.0 Å². The predicted octanol–water partition coefficient (Wildman–Crippen LogP) is 0.394. The molecule has 0 aliphatic heterocycles. The van der Waals surface area contributed by atoms with Gasteiger partial charge in [-0.3, -0.25) is 4.79 Å². The van der Waals surface area contributed by atoms with Gasteiger partial charge in [0.15, 0.2) is 0 Å². The lowest BCUT2D eigenvalue weighted by atomic mass is 10.1. The quantitative estimate of drug-likeness (QED) is 0.646. The van der Waals surface area contributed by atoms with Crippen LogP contribution in [0.1, 0.15) is 17.2 Å². The van der Waals surface area contributed by atoms with Crippen molar-refractivity contribution in [2.24, 2.45) is 0 Å². The second-order valence-electron chi connectivity index (χ2n) is 3.57. The van der Waals surface area contributed by atoms with E-state index in [2.05, 4.69) is 5.32 Å². The van der Waals surface area contributed by atoms with E-state index in [0.29, 0.717) is 6.42 Å². The van der Waals surface area contributed by atoms with E-state index in [-0.39, 0.29) is 6.04 Å². The molecule has 0 spiro atoms. The Morgan fingerprint density at radius 3 is 3.00 bits per heavy atom. The normalized spacial score (nSPS) is 22.9. The van der Waals surface area contributed by atoms with Crippen LogP contribution in [0.2, 0.25) is 0 Å². The molecule has 2 atom stereocenters. The average molecular weight is 201 g/mol. The van der Waals surface area contributed by atoms with Gasteiger partial charge in [0, 0.05) is 6.42 Å². The molecule has 0 unspecified atom stereocenters. The zero-order chi connectivity index (χ0) is 10.8. The van der Waals surface area contributed by atoms with Crippen molar-refractivity contribution < 1.29 is 9.90 Å². The highest BCUT2D eigenvalue weighted by molar-refractivity contribution is 5.93. The van der Waals surface area contributed by atoms with Crippen LogP contribution in [0.4, 0.5) is 0 Å². The summed E-state index contributed by atoms with van der Waals surface area (Å²) in [4.78, 5) is 11.1. The summed E-state index contributed by atoms with van der Waals surface area (Å²) in [7, 11) is 0. The minimum Gasteiger partial charge on any atom is -0.390 e. The third-order valence-electron chi connectivity index (χ3n) is 2.62. The van der Waals surface area contributed by atoms with E-state index in [1.807, 2.05) is 30.2 Å². The Morgan fingerprint density at radius 1 is 1.53 bits per heavy atom. The second-order valence-corrected chi connectivity index (χ2v) is 3.57. The Hall–Kier alpha value is -1.79. The monoisotopic (exact) mass is 201 g/mol. The fourth-order valence-corrected chi connectivity index (χ4v) is 1.93. The number of fused-ring (bicyclic) bond motifs is 1. The number of carbonyl (C=O) groups is 1. The molecule has 0 radical (unpaired) electrons. The third kappa shape index (κ3) is 1.72. The van der Waals surface area contributed by atoms with Crippen LogP contribution in [0.15, 0.2) is 24.3 Å². The van der Waals surface area contributed by atoms with Gasteiger partial charge in [0.1, 0.15) is 0 Å². The van der Waals surface area contributed by atoms with Gasteiger partial charge in [-0.1, -0.05) is 24.3 Å². The number of hydrogen-bond acceptors (Lipinski definition) is 2. The molecule has 1 aliphatic carbocycles. The van der Waals surface area contributed by atoms with Crippen LogP contribution in [0, 0.1) is 12.3 Å². The van der Waals surface area contributed by atoms with Crippen molar-refractivity contribution >= 4 is 5.91 Å². The summed E-state index contributed by atoms with van der Waals surface area (Å²) in [5.41, 5.74) is 2.01. The summed E-state index contributed by atoms with van der Waals surface area (Å²) in [5.74, 6) is 1.49. The van der Waals surface area contributed by atoms with Crippen LogP contribution in [-0.4, -0.2) is 17.1 Å². The minimum absolute atomic E-state index is 0.371. The van der Waals surface area contributed by atoms with Crippen LogP contribution >= 0.6 is 0 Å². The van der Waals surface area contributed by atoms with Crippen molar-refractivity contribution in [2.45, 2.75) is 18.6 Å². The maximum Gasteiger partial charge on any atom is 0.296 e. The highest BCUT2D eigenvalue weighted by Crippen LogP contribution is 2.30. The van der Waals surface area contributed by atoms with Crippen molar-refractivity contribution in [1.82, 2.24) is 5.32 Å². The fraction of sp³-hybridized carbons (Fsp3) is 0.250. The summed E-state index contributed by atoms with van der Waals surface area (Å²) < 4.78 is 0. The van der Waals surface area contributed by atoms with Crippen LogP contribution in [0.25, 0.3) is 0 Å². The SMILES string of the molecule is C#CC(=O)N[C@@H]1c2ccccc2C[C@@H]1O. The first-order valence-electron chi connectivity index (χ1n) is 4.75. The van der Waals surface area contributed by atoms with Gasteiger partial charge in [-0.25, -0.2) is 0 Å². The lowest BCUT2D eigenvalue weighted by molar-refractivity contribution is -0.117. The molecule has 0 saturated heterocycles. The summed E-state index contributed by atoms with van der Waals surface area (Å²) in [6, 6.07) is 7.26. The number of amides is 1. The Kier molecular flexibility index (Phi) is 2.44. The number of nitrogens with one attached hydrogen (secondary N) is 1. The summed E-state index contributed by atoms with van der Waals surface area (Å²) in [6.07, 6.45) is 4.95. The number of terminal acetylenes is 1. The van der Waals surface area contributed by atoms with Gasteiger partial charge in [0.2, 0.25) is 0 Å².